The van der Waals surface area contributed by atoms with Crippen LogP contribution in [0.1, 0.15) is 25.5 Å². The first-order valence-corrected chi connectivity index (χ1v) is 7.00. The van der Waals surface area contributed by atoms with Crippen LogP contribution in [0.25, 0.3) is 0 Å². The summed E-state index contributed by atoms with van der Waals surface area (Å²) in [6.07, 6.45) is 0. The SMILES string of the molecule is CCN1C(=O)N[C@H](c2ccc(Cl)cc2)C(C(=O)OC)=C1C. The summed E-state index contributed by atoms with van der Waals surface area (Å²) in [5, 5.41) is 3.43. The van der Waals surface area contributed by atoms with Gasteiger partial charge in [0.1, 0.15) is 0 Å². The third-order valence-corrected chi connectivity index (χ3v) is 3.77. The van der Waals surface area contributed by atoms with Gasteiger partial charge < -0.3 is 10.1 Å². The van der Waals surface area contributed by atoms with Crippen molar-refractivity contribution >= 4 is 23.6 Å². The van der Waals surface area contributed by atoms with Crippen LogP contribution in [-0.2, 0) is 9.53 Å². The average Bonchev–Trinajstić information content (AvgIpc) is 2.47. The number of nitrogens with zero attached hydrogens (tertiary/aromatic N) is 1. The van der Waals surface area contributed by atoms with E-state index in [1.54, 1.807) is 31.2 Å². The van der Waals surface area contributed by atoms with Crippen molar-refractivity contribution in [2.45, 2.75) is 19.9 Å². The number of hydrogen-bond acceptors (Lipinski definition) is 3. The van der Waals surface area contributed by atoms with Crippen LogP contribution in [0.15, 0.2) is 35.5 Å². The molecule has 0 radical (unpaired) electrons. The summed E-state index contributed by atoms with van der Waals surface area (Å²) in [7, 11) is 1.33. The maximum atomic E-state index is 12.1. The van der Waals surface area contributed by atoms with E-state index in [4.69, 9.17) is 16.3 Å². The number of carbonyl (C=O) groups excluding carboxylic acids is 2. The van der Waals surface area contributed by atoms with Gasteiger partial charge in [-0.15, -0.1) is 0 Å². The molecule has 0 fully saturated rings. The monoisotopic (exact) mass is 308 g/mol. The van der Waals surface area contributed by atoms with Crippen LogP contribution < -0.4 is 5.32 Å². The number of amides is 2. The molecule has 1 N–H and O–H groups in total. The second-order valence-electron chi connectivity index (χ2n) is 4.67. The molecule has 21 heavy (non-hydrogen) atoms. The summed E-state index contributed by atoms with van der Waals surface area (Å²) in [6.45, 7) is 4.07. The van der Waals surface area contributed by atoms with Gasteiger partial charge in [0.05, 0.1) is 18.7 Å². The van der Waals surface area contributed by atoms with Gasteiger partial charge in [0.15, 0.2) is 0 Å². The number of ether oxygens (including phenoxy) is 1. The Morgan fingerprint density at radius 2 is 2.00 bits per heavy atom. The van der Waals surface area contributed by atoms with E-state index >= 15 is 0 Å². The fraction of sp³-hybridized carbons (Fsp3) is 0.333. The second-order valence-corrected chi connectivity index (χ2v) is 5.11. The summed E-state index contributed by atoms with van der Waals surface area (Å²) >= 11 is 5.88. The maximum absolute atomic E-state index is 12.1. The number of hydrogen-bond donors (Lipinski definition) is 1. The number of nitrogens with one attached hydrogen (secondary N) is 1. The van der Waals surface area contributed by atoms with Gasteiger partial charge in [-0.25, -0.2) is 9.59 Å². The van der Waals surface area contributed by atoms with Crippen molar-refractivity contribution in [2.75, 3.05) is 13.7 Å². The van der Waals surface area contributed by atoms with E-state index in [0.717, 1.165) is 5.56 Å². The first-order valence-electron chi connectivity index (χ1n) is 6.62. The number of urea groups is 1. The number of esters is 1. The van der Waals surface area contributed by atoms with E-state index in [-0.39, 0.29) is 6.03 Å². The fourth-order valence-electron chi connectivity index (χ4n) is 2.44. The first kappa shape index (κ1) is 15.4. The van der Waals surface area contributed by atoms with Crippen LogP contribution >= 0.6 is 11.6 Å². The highest BCUT2D eigenvalue weighted by atomic mass is 35.5. The van der Waals surface area contributed by atoms with Gasteiger partial charge in [0.2, 0.25) is 0 Å². The van der Waals surface area contributed by atoms with Crippen LogP contribution in [0.2, 0.25) is 5.02 Å². The summed E-state index contributed by atoms with van der Waals surface area (Å²) in [6, 6.07) is 6.24. The quantitative estimate of drug-likeness (QED) is 0.874. The molecule has 0 saturated heterocycles. The van der Waals surface area contributed by atoms with Crippen molar-refractivity contribution in [3.05, 3.63) is 46.1 Å². The van der Waals surface area contributed by atoms with Gasteiger partial charge in [-0.2, -0.15) is 0 Å². The minimum absolute atomic E-state index is 0.234. The van der Waals surface area contributed by atoms with E-state index in [2.05, 4.69) is 5.32 Å². The molecule has 0 aromatic heterocycles. The highest BCUT2D eigenvalue weighted by molar-refractivity contribution is 6.30. The predicted molar refractivity (Wildman–Crippen MR) is 79.8 cm³/mol. The summed E-state index contributed by atoms with van der Waals surface area (Å²) in [4.78, 5) is 25.8. The van der Waals surface area contributed by atoms with Crippen molar-refractivity contribution in [3.8, 4) is 0 Å². The van der Waals surface area contributed by atoms with Crippen molar-refractivity contribution in [3.63, 3.8) is 0 Å². The van der Waals surface area contributed by atoms with E-state index in [0.29, 0.717) is 22.8 Å². The topological polar surface area (TPSA) is 58.6 Å². The Labute approximate surface area is 128 Å². The molecule has 0 aliphatic carbocycles. The van der Waals surface area contributed by atoms with E-state index in [1.165, 1.54) is 12.0 Å². The lowest BCUT2D eigenvalue weighted by atomic mass is 9.95. The average molecular weight is 309 g/mol. The number of methoxy groups -OCH3 is 1. The Hall–Kier alpha value is -2.01. The molecule has 1 atom stereocenters. The normalized spacial score (nSPS) is 18.6. The van der Waals surface area contributed by atoms with Gasteiger partial charge in [0.25, 0.3) is 0 Å². The van der Waals surface area contributed by atoms with Crippen molar-refractivity contribution in [2.24, 2.45) is 0 Å². The lowest BCUT2D eigenvalue weighted by molar-refractivity contribution is -0.136. The van der Waals surface area contributed by atoms with Crippen molar-refractivity contribution < 1.29 is 14.3 Å². The highest BCUT2D eigenvalue weighted by Crippen LogP contribution is 2.31. The highest BCUT2D eigenvalue weighted by Gasteiger charge is 2.35. The van der Waals surface area contributed by atoms with Crippen LogP contribution in [-0.4, -0.2) is 30.6 Å². The molecular weight excluding hydrogens is 292 g/mol. The van der Waals surface area contributed by atoms with Crippen LogP contribution in [0.5, 0.6) is 0 Å². The zero-order valence-corrected chi connectivity index (χ0v) is 12.9. The summed E-state index contributed by atoms with van der Waals surface area (Å²) < 4.78 is 4.86. The van der Waals surface area contributed by atoms with Crippen LogP contribution in [0, 0.1) is 0 Å². The minimum atomic E-state index is -0.537. The first-order chi connectivity index (χ1) is 9.99. The van der Waals surface area contributed by atoms with Crippen molar-refractivity contribution in [1.29, 1.82) is 0 Å². The molecule has 2 rings (SSSR count). The minimum Gasteiger partial charge on any atom is -0.466 e. The Morgan fingerprint density at radius 1 is 1.38 bits per heavy atom. The fourth-order valence-corrected chi connectivity index (χ4v) is 2.57. The van der Waals surface area contributed by atoms with Crippen molar-refractivity contribution in [1.82, 2.24) is 10.2 Å². The number of rotatable bonds is 3. The Bertz CT molecular complexity index is 595. The van der Waals surface area contributed by atoms with Gasteiger partial charge in [0, 0.05) is 17.3 Å². The molecule has 5 nitrogen and oxygen atoms in total. The molecular formula is C15H17ClN2O3. The lowest BCUT2D eigenvalue weighted by Gasteiger charge is -2.34. The summed E-state index contributed by atoms with van der Waals surface area (Å²) in [5.74, 6) is -0.453. The van der Waals surface area contributed by atoms with E-state index in [1.807, 2.05) is 6.92 Å². The molecule has 0 bridgehead atoms. The zero-order chi connectivity index (χ0) is 15.6. The number of halogens is 1. The van der Waals surface area contributed by atoms with E-state index < -0.39 is 12.0 Å². The molecule has 1 aliphatic heterocycles. The summed E-state index contributed by atoms with van der Waals surface area (Å²) in [5.41, 5.74) is 1.82. The third-order valence-electron chi connectivity index (χ3n) is 3.52. The Balaban J connectivity index is 2.52. The lowest BCUT2D eigenvalue weighted by Crippen LogP contribution is -2.47. The Morgan fingerprint density at radius 3 is 2.52 bits per heavy atom. The molecule has 1 aliphatic rings. The predicted octanol–water partition coefficient (Wildman–Crippen LogP) is 2.87. The standard InChI is InChI=1S/C15H17ClN2O3/c1-4-18-9(2)12(14(19)21-3)13(17-15(18)20)10-5-7-11(16)8-6-10/h5-8,13H,4H2,1-3H3,(H,17,20)/t13-/m1/s1. The largest absolute Gasteiger partial charge is 0.466 e. The van der Waals surface area contributed by atoms with Gasteiger partial charge >= 0.3 is 12.0 Å². The number of carbonyl (C=O) groups is 2. The molecule has 0 saturated carbocycles. The Kier molecular flexibility index (Phi) is 4.53. The zero-order valence-electron chi connectivity index (χ0n) is 12.1. The van der Waals surface area contributed by atoms with E-state index in [9.17, 15) is 9.59 Å². The molecule has 2 amide bonds. The third kappa shape index (κ3) is 2.88. The molecule has 112 valence electrons. The van der Waals surface area contributed by atoms with Crippen LogP contribution in [0.4, 0.5) is 4.79 Å². The molecule has 1 heterocycles. The number of benzene rings is 1. The molecule has 1 aromatic rings. The molecule has 1 aromatic carbocycles. The van der Waals surface area contributed by atoms with Gasteiger partial charge in [-0.1, -0.05) is 23.7 Å². The molecule has 6 heteroatoms. The second kappa shape index (κ2) is 6.18. The number of allylic oxidation sites excluding steroid dienone is 1. The van der Waals surface area contributed by atoms with Gasteiger partial charge in [-0.05, 0) is 31.5 Å². The maximum Gasteiger partial charge on any atom is 0.337 e. The molecule has 0 unspecified atom stereocenters. The molecule has 0 spiro atoms. The van der Waals surface area contributed by atoms with Crippen LogP contribution in [0.3, 0.4) is 0 Å². The smallest absolute Gasteiger partial charge is 0.337 e. The van der Waals surface area contributed by atoms with Gasteiger partial charge in [-0.3, -0.25) is 4.90 Å².